The molecule has 0 aliphatic heterocycles. The summed E-state index contributed by atoms with van der Waals surface area (Å²) in [5.74, 6) is -1.36. The minimum Gasteiger partial charge on any atom is -0.387 e. The molecule has 0 rings (SSSR count). The number of hydrogen-bond donors (Lipinski definition) is 4. The zero-order chi connectivity index (χ0) is 30.1. The molecule has 0 aromatic carbocycles. The number of hydrogen-bond acceptors (Lipinski definition) is 6. The lowest BCUT2D eigenvalue weighted by molar-refractivity contribution is -0.146. The third-order valence-corrected chi connectivity index (χ3v) is 8.09. The normalized spacial score (nSPS) is 14.2. The molecule has 0 amide bonds. The maximum Gasteiger partial charge on any atom is 0.470 e. The molecule has 0 radical (unpaired) electrons. The minimum atomic E-state index is -5.12. The number of carbonyl (C=O) groups excluding carboxylic acids is 2. The lowest BCUT2D eigenvalue weighted by atomic mass is 9.95. The Balaban J connectivity index is 4.31. The van der Waals surface area contributed by atoms with Crippen LogP contribution in [0.5, 0.6) is 0 Å². The molecule has 2 unspecified atom stereocenters. The summed E-state index contributed by atoms with van der Waals surface area (Å²) in [4.78, 5) is 43.6. The molecule has 0 bridgehead atoms. The third kappa shape index (κ3) is 23.0. The quantitative estimate of drug-likeness (QED) is 0.0490. The van der Waals surface area contributed by atoms with Crippen LogP contribution in [0.15, 0.2) is 0 Å². The van der Waals surface area contributed by atoms with Gasteiger partial charge >= 0.3 is 7.82 Å². The number of carbonyl (C=O) groups is 2. The fourth-order valence-electron chi connectivity index (χ4n) is 5.03. The highest BCUT2D eigenvalue weighted by molar-refractivity contribution is 7.46. The van der Waals surface area contributed by atoms with Crippen molar-refractivity contribution in [2.45, 2.75) is 186 Å². The molecule has 0 heterocycles. The summed E-state index contributed by atoms with van der Waals surface area (Å²) >= 11 is 0. The molecule has 0 saturated heterocycles. The van der Waals surface area contributed by atoms with E-state index < -0.39 is 37.7 Å². The van der Waals surface area contributed by atoms with Gasteiger partial charge < -0.3 is 20.0 Å². The standard InChI is InChI=1S/C31H61O8P/c1-3-5-7-9-11-13-15-17-19-21-23-25-27(32)29(34)30(35)31(39-40(36,37)38)28(33)26-24-22-20-18-16-14-12-10-8-6-4-2/h29-31,34-35H,3-26H2,1-2H3,(H2,36,37,38)/t29?,30-,31?/m1/s1. The van der Waals surface area contributed by atoms with E-state index in [1.807, 2.05) is 0 Å². The molecule has 9 heteroatoms. The molecule has 0 fully saturated rings. The van der Waals surface area contributed by atoms with Crippen LogP contribution in [0.4, 0.5) is 0 Å². The van der Waals surface area contributed by atoms with E-state index in [0.717, 1.165) is 44.9 Å². The van der Waals surface area contributed by atoms with Crippen molar-refractivity contribution >= 4 is 19.4 Å². The van der Waals surface area contributed by atoms with Gasteiger partial charge in [0.1, 0.15) is 12.2 Å². The van der Waals surface area contributed by atoms with Gasteiger partial charge in [0.05, 0.1) is 0 Å². The molecule has 3 atom stereocenters. The summed E-state index contributed by atoms with van der Waals surface area (Å²) in [6.07, 6.45) is 18.4. The number of aliphatic hydroxyl groups is 2. The van der Waals surface area contributed by atoms with Gasteiger partial charge in [-0.15, -0.1) is 0 Å². The molecule has 4 N–H and O–H groups in total. The Morgan fingerprint density at radius 3 is 1.18 bits per heavy atom. The van der Waals surface area contributed by atoms with Crippen molar-refractivity contribution in [3.63, 3.8) is 0 Å². The van der Waals surface area contributed by atoms with Gasteiger partial charge in [-0.1, -0.05) is 142 Å². The van der Waals surface area contributed by atoms with Crippen LogP contribution in [0.2, 0.25) is 0 Å². The van der Waals surface area contributed by atoms with Crippen molar-refractivity contribution in [2.75, 3.05) is 0 Å². The highest BCUT2D eigenvalue weighted by atomic mass is 31.2. The van der Waals surface area contributed by atoms with Crippen molar-refractivity contribution in [1.82, 2.24) is 0 Å². The van der Waals surface area contributed by atoms with Gasteiger partial charge in [-0.2, -0.15) is 0 Å². The molecule has 0 spiro atoms. The van der Waals surface area contributed by atoms with Gasteiger partial charge in [-0.3, -0.25) is 14.1 Å². The van der Waals surface area contributed by atoms with E-state index in [2.05, 4.69) is 18.4 Å². The van der Waals surface area contributed by atoms with Crippen molar-refractivity contribution in [1.29, 1.82) is 0 Å². The second-order valence-corrected chi connectivity index (χ2v) is 12.6. The average molecular weight is 593 g/mol. The Kier molecular flexibility index (Phi) is 25.6. The first-order valence-corrected chi connectivity index (χ1v) is 17.8. The molecule has 0 aliphatic carbocycles. The van der Waals surface area contributed by atoms with Crippen LogP contribution in [0, 0.1) is 0 Å². The number of phosphoric acid groups is 1. The van der Waals surface area contributed by atoms with Crippen LogP contribution in [0.1, 0.15) is 168 Å². The molecule has 0 aliphatic rings. The summed E-state index contributed by atoms with van der Waals surface area (Å²) in [7, 11) is -5.12. The summed E-state index contributed by atoms with van der Waals surface area (Å²) in [6, 6.07) is 0. The summed E-state index contributed by atoms with van der Waals surface area (Å²) in [5.41, 5.74) is 0. The van der Waals surface area contributed by atoms with Crippen LogP contribution in [-0.4, -0.2) is 49.9 Å². The van der Waals surface area contributed by atoms with Crippen LogP contribution < -0.4 is 0 Å². The zero-order valence-electron chi connectivity index (χ0n) is 25.6. The van der Waals surface area contributed by atoms with Crippen LogP contribution in [0.25, 0.3) is 0 Å². The molecule has 40 heavy (non-hydrogen) atoms. The van der Waals surface area contributed by atoms with Gasteiger partial charge in [0.15, 0.2) is 17.7 Å². The topological polar surface area (TPSA) is 141 Å². The van der Waals surface area contributed by atoms with E-state index in [-0.39, 0.29) is 12.8 Å². The van der Waals surface area contributed by atoms with Gasteiger partial charge in [0.2, 0.25) is 0 Å². The molecular weight excluding hydrogens is 531 g/mol. The predicted octanol–water partition coefficient (Wildman–Crippen LogP) is 7.73. The molecule has 0 saturated carbocycles. The lowest BCUT2D eigenvalue weighted by Crippen LogP contribution is -2.47. The van der Waals surface area contributed by atoms with Gasteiger partial charge in [0.25, 0.3) is 0 Å². The molecule has 0 aromatic heterocycles. The van der Waals surface area contributed by atoms with Crippen molar-refractivity contribution in [2.24, 2.45) is 0 Å². The SMILES string of the molecule is CCCCCCCCCCCCCC(=O)C(O)[C@@H](O)C(OP(=O)(O)O)C(=O)CCCCCCCCCCCCC. The van der Waals surface area contributed by atoms with Gasteiger partial charge in [-0.25, -0.2) is 4.57 Å². The van der Waals surface area contributed by atoms with Crippen molar-refractivity contribution < 1.29 is 38.7 Å². The molecule has 8 nitrogen and oxygen atoms in total. The zero-order valence-corrected chi connectivity index (χ0v) is 26.5. The fraction of sp³-hybridized carbons (Fsp3) is 0.935. The molecular formula is C31H61O8P. The monoisotopic (exact) mass is 592 g/mol. The van der Waals surface area contributed by atoms with Gasteiger partial charge in [-0.05, 0) is 12.8 Å². The predicted molar refractivity (Wildman–Crippen MR) is 161 cm³/mol. The Labute approximate surface area is 244 Å². The number of rotatable bonds is 30. The van der Waals surface area contributed by atoms with E-state index in [1.54, 1.807) is 0 Å². The Morgan fingerprint density at radius 2 is 0.850 bits per heavy atom. The number of Topliss-reactive ketones (excluding diaryl/α,β-unsaturated/α-hetero) is 2. The maximum atomic E-state index is 12.7. The molecule has 0 aromatic rings. The van der Waals surface area contributed by atoms with Crippen molar-refractivity contribution in [3.05, 3.63) is 0 Å². The number of aliphatic hydroxyl groups excluding tert-OH is 2. The largest absolute Gasteiger partial charge is 0.470 e. The van der Waals surface area contributed by atoms with E-state index in [1.165, 1.54) is 83.5 Å². The Morgan fingerprint density at radius 1 is 0.550 bits per heavy atom. The summed E-state index contributed by atoms with van der Waals surface area (Å²) < 4.78 is 16.0. The summed E-state index contributed by atoms with van der Waals surface area (Å²) in [6.45, 7) is 4.41. The minimum absolute atomic E-state index is 0.0324. The van der Waals surface area contributed by atoms with E-state index >= 15 is 0 Å². The highest BCUT2D eigenvalue weighted by Crippen LogP contribution is 2.39. The number of ketones is 2. The van der Waals surface area contributed by atoms with Crippen molar-refractivity contribution in [3.8, 4) is 0 Å². The highest BCUT2D eigenvalue weighted by Gasteiger charge is 2.39. The van der Waals surface area contributed by atoms with E-state index in [9.17, 15) is 34.2 Å². The maximum absolute atomic E-state index is 12.7. The first-order chi connectivity index (χ1) is 19.1. The Bertz CT molecular complexity index is 666. The first kappa shape index (κ1) is 39.4. The van der Waals surface area contributed by atoms with Gasteiger partial charge in [0, 0.05) is 12.8 Å². The second-order valence-electron chi connectivity index (χ2n) is 11.5. The van der Waals surface area contributed by atoms with E-state index in [4.69, 9.17) is 0 Å². The second kappa shape index (κ2) is 26.0. The number of phosphoric ester groups is 1. The van der Waals surface area contributed by atoms with Crippen LogP contribution >= 0.6 is 7.82 Å². The van der Waals surface area contributed by atoms with Crippen LogP contribution in [0.3, 0.4) is 0 Å². The average Bonchev–Trinajstić information content (AvgIpc) is 2.91. The van der Waals surface area contributed by atoms with E-state index in [0.29, 0.717) is 12.8 Å². The smallest absolute Gasteiger partial charge is 0.387 e. The van der Waals surface area contributed by atoms with Crippen LogP contribution in [-0.2, 0) is 18.7 Å². The number of unbranched alkanes of at least 4 members (excludes halogenated alkanes) is 20. The first-order valence-electron chi connectivity index (χ1n) is 16.3. The fourth-order valence-corrected chi connectivity index (χ4v) is 5.57. The molecule has 238 valence electrons. The Hall–Kier alpha value is -0.630. The summed E-state index contributed by atoms with van der Waals surface area (Å²) in [5, 5.41) is 20.8. The lowest BCUT2D eigenvalue weighted by Gasteiger charge is -2.25. The third-order valence-electron chi connectivity index (χ3n) is 7.59.